The van der Waals surface area contributed by atoms with Crippen LogP contribution in [0.25, 0.3) is 0 Å². The summed E-state index contributed by atoms with van der Waals surface area (Å²) >= 11 is 0. The third kappa shape index (κ3) is 3.06. The molecule has 1 N–H and O–H groups in total. The highest BCUT2D eigenvalue weighted by molar-refractivity contribution is 4.86. The largest absolute Gasteiger partial charge is 0.314 e. The van der Waals surface area contributed by atoms with E-state index in [4.69, 9.17) is 0 Å². The number of hydrogen-bond donors (Lipinski definition) is 1. The molecule has 1 saturated carbocycles. The Balaban J connectivity index is 1.45. The summed E-state index contributed by atoms with van der Waals surface area (Å²) in [5, 5.41) is 3.46. The molecule has 1 aliphatic carbocycles. The van der Waals surface area contributed by atoms with Crippen molar-refractivity contribution in [2.75, 3.05) is 39.3 Å². The van der Waals surface area contributed by atoms with Crippen LogP contribution < -0.4 is 5.32 Å². The van der Waals surface area contributed by atoms with E-state index in [1.54, 1.807) is 0 Å². The summed E-state index contributed by atoms with van der Waals surface area (Å²) in [5.41, 5.74) is 0. The van der Waals surface area contributed by atoms with Crippen LogP contribution in [0.4, 0.5) is 0 Å². The lowest BCUT2D eigenvalue weighted by atomic mass is 9.91. The van der Waals surface area contributed by atoms with Crippen molar-refractivity contribution < 1.29 is 0 Å². The van der Waals surface area contributed by atoms with Crippen LogP contribution in [-0.4, -0.2) is 61.2 Å². The van der Waals surface area contributed by atoms with Crippen molar-refractivity contribution in [2.24, 2.45) is 0 Å². The van der Waals surface area contributed by atoms with Gasteiger partial charge in [0.1, 0.15) is 0 Å². The average molecular weight is 251 g/mol. The summed E-state index contributed by atoms with van der Waals surface area (Å²) in [5.74, 6) is 0. The summed E-state index contributed by atoms with van der Waals surface area (Å²) in [6, 6.07) is 1.81. The number of likely N-dealkylation sites (tertiary alicyclic amines) is 1. The number of rotatable bonds is 2. The first kappa shape index (κ1) is 12.9. The summed E-state index contributed by atoms with van der Waals surface area (Å²) in [6.07, 6.45) is 10.2. The van der Waals surface area contributed by atoms with Gasteiger partial charge in [-0.25, -0.2) is 0 Å². The summed E-state index contributed by atoms with van der Waals surface area (Å²) in [4.78, 5) is 5.53. The highest BCUT2D eigenvalue weighted by Crippen LogP contribution is 2.26. The molecule has 2 aliphatic heterocycles. The molecule has 0 aromatic rings. The van der Waals surface area contributed by atoms with Gasteiger partial charge in [0.2, 0.25) is 0 Å². The molecule has 0 atom stereocenters. The van der Waals surface area contributed by atoms with Gasteiger partial charge in [0.15, 0.2) is 0 Å². The molecule has 3 fully saturated rings. The summed E-state index contributed by atoms with van der Waals surface area (Å²) < 4.78 is 0. The van der Waals surface area contributed by atoms with E-state index in [0.717, 1.165) is 12.1 Å². The lowest BCUT2D eigenvalue weighted by Gasteiger charge is -2.43. The second kappa shape index (κ2) is 6.36. The minimum absolute atomic E-state index is 0.881. The van der Waals surface area contributed by atoms with Crippen LogP contribution in [0.1, 0.15) is 44.9 Å². The molecule has 2 heterocycles. The second-order valence-corrected chi connectivity index (χ2v) is 6.34. The van der Waals surface area contributed by atoms with Gasteiger partial charge in [-0.15, -0.1) is 0 Å². The van der Waals surface area contributed by atoms with Gasteiger partial charge in [0.05, 0.1) is 0 Å². The van der Waals surface area contributed by atoms with Crippen molar-refractivity contribution in [2.45, 2.75) is 57.0 Å². The highest BCUT2D eigenvalue weighted by atomic mass is 15.2. The van der Waals surface area contributed by atoms with Crippen molar-refractivity contribution in [1.82, 2.24) is 15.1 Å². The molecule has 0 unspecified atom stereocenters. The average Bonchev–Trinajstić information content (AvgIpc) is 2.49. The Bertz CT molecular complexity index is 210. The summed E-state index contributed by atoms with van der Waals surface area (Å²) in [6.45, 7) is 7.66. The van der Waals surface area contributed by atoms with E-state index in [0.29, 0.717) is 0 Å². The van der Waals surface area contributed by atoms with Crippen LogP contribution in [0, 0.1) is 0 Å². The lowest BCUT2D eigenvalue weighted by molar-refractivity contribution is 0.0648. The Labute approximate surface area is 112 Å². The van der Waals surface area contributed by atoms with Gasteiger partial charge in [-0.1, -0.05) is 19.3 Å². The van der Waals surface area contributed by atoms with Crippen molar-refractivity contribution >= 4 is 0 Å². The van der Waals surface area contributed by atoms with Gasteiger partial charge in [0, 0.05) is 38.3 Å². The molecule has 3 nitrogen and oxygen atoms in total. The third-order valence-electron chi connectivity index (χ3n) is 5.26. The first-order valence-electron chi connectivity index (χ1n) is 8.12. The predicted molar refractivity (Wildman–Crippen MR) is 75.9 cm³/mol. The number of hydrogen-bond acceptors (Lipinski definition) is 3. The smallest absolute Gasteiger partial charge is 0.0121 e. The van der Waals surface area contributed by atoms with Crippen molar-refractivity contribution in [3.8, 4) is 0 Å². The Kier molecular flexibility index (Phi) is 4.55. The van der Waals surface area contributed by atoms with E-state index in [1.807, 2.05) is 0 Å². The zero-order chi connectivity index (χ0) is 12.2. The summed E-state index contributed by atoms with van der Waals surface area (Å²) in [7, 11) is 0. The van der Waals surface area contributed by atoms with Crippen LogP contribution in [0.2, 0.25) is 0 Å². The Morgan fingerprint density at radius 1 is 0.611 bits per heavy atom. The molecule has 0 amide bonds. The lowest BCUT2D eigenvalue weighted by Crippen LogP contribution is -2.53. The third-order valence-corrected chi connectivity index (χ3v) is 5.26. The van der Waals surface area contributed by atoms with E-state index < -0.39 is 0 Å². The van der Waals surface area contributed by atoms with Gasteiger partial charge in [0.25, 0.3) is 0 Å². The maximum atomic E-state index is 3.46. The van der Waals surface area contributed by atoms with Gasteiger partial charge in [-0.2, -0.15) is 0 Å². The van der Waals surface area contributed by atoms with Crippen LogP contribution in [0.3, 0.4) is 0 Å². The molecule has 0 aromatic carbocycles. The Hall–Kier alpha value is -0.120. The quantitative estimate of drug-likeness (QED) is 0.806. The first-order valence-corrected chi connectivity index (χ1v) is 8.12. The van der Waals surface area contributed by atoms with Gasteiger partial charge in [-0.05, 0) is 38.8 Å². The zero-order valence-corrected chi connectivity index (χ0v) is 11.7. The minimum Gasteiger partial charge on any atom is -0.314 e. The van der Waals surface area contributed by atoms with Gasteiger partial charge >= 0.3 is 0 Å². The van der Waals surface area contributed by atoms with Crippen LogP contribution >= 0.6 is 0 Å². The standard InChI is InChI=1S/C15H29N3/c1-2-4-14(5-3-1)17-10-6-15(7-11-17)18-12-8-16-9-13-18/h14-16H,1-13H2. The van der Waals surface area contributed by atoms with Crippen molar-refractivity contribution in [3.05, 3.63) is 0 Å². The monoisotopic (exact) mass is 251 g/mol. The molecule has 104 valence electrons. The minimum atomic E-state index is 0.881. The molecular formula is C15H29N3. The number of nitrogens with one attached hydrogen (secondary N) is 1. The van der Waals surface area contributed by atoms with Crippen molar-refractivity contribution in [3.63, 3.8) is 0 Å². The van der Waals surface area contributed by atoms with Crippen molar-refractivity contribution in [1.29, 1.82) is 0 Å². The van der Waals surface area contributed by atoms with Gasteiger partial charge in [-0.3, -0.25) is 4.90 Å². The van der Waals surface area contributed by atoms with Crippen LogP contribution in [-0.2, 0) is 0 Å². The first-order chi connectivity index (χ1) is 8.93. The molecule has 18 heavy (non-hydrogen) atoms. The molecule has 3 rings (SSSR count). The van der Waals surface area contributed by atoms with E-state index in [-0.39, 0.29) is 0 Å². The fraction of sp³-hybridized carbons (Fsp3) is 1.00. The SMILES string of the molecule is C1CCC(N2CCC(N3CCNCC3)CC2)CC1. The van der Waals surface area contributed by atoms with Crippen LogP contribution in [0.15, 0.2) is 0 Å². The maximum absolute atomic E-state index is 3.46. The topological polar surface area (TPSA) is 18.5 Å². The highest BCUT2D eigenvalue weighted by Gasteiger charge is 2.29. The molecule has 0 aromatic heterocycles. The van der Waals surface area contributed by atoms with E-state index in [1.165, 1.54) is 84.2 Å². The normalized spacial score (nSPS) is 30.7. The molecule has 2 saturated heterocycles. The van der Waals surface area contributed by atoms with Crippen LogP contribution in [0.5, 0.6) is 0 Å². The number of piperazine rings is 1. The molecule has 0 spiro atoms. The molecule has 3 heteroatoms. The van der Waals surface area contributed by atoms with Gasteiger partial charge < -0.3 is 10.2 Å². The maximum Gasteiger partial charge on any atom is 0.0121 e. The fourth-order valence-corrected chi connectivity index (χ4v) is 4.11. The zero-order valence-electron chi connectivity index (χ0n) is 11.7. The van der Waals surface area contributed by atoms with E-state index in [2.05, 4.69) is 15.1 Å². The Morgan fingerprint density at radius 2 is 1.17 bits per heavy atom. The molecule has 3 aliphatic rings. The molecule has 0 bridgehead atoms. The second-order valence-electron chi connectivity index (χ2n) is 6.34. The fourth-order valence-electron chi connectivity index (χ4n) is 4.11. The number of piperidine rings is 1. The Morgan fingerprint density at radius 3 is 1.83 bits per heavy atom. The number of nitrogens with zero attached hydrogens (tertiary/aromatic N) is 2. The molecular weight excluding hydrogens is 222 g/mol. The predicted octanol–water partition coefficient (Wildman–Crippen LogP) is 1.69. The van der Waals surface area contributed by atoms with E-state index >= 15 is 0 Å². The molecule has 0 radical (unpaired) electrons. The van der Waals surface area contributed by atoms with E-state index in [9.17, 15) is 0 Å².